The lowest BCUT2D eigenvalue weighted by molar-refractivity contribution is -0.114. The zero-order valence-electron chi connectivity index (χ0n) is 17.7. The first kappa shape index (κ1) is 21.8. The highest BCUT2D eigenvalue weighted by atomic mass is 16.5. The number of unbranched alkanes of at least 4 members (excludes halogenated alkanes) is 4. The monoisotopic (exact) mass is 382 g/mol. The van der Waals surface area contributed by atoms with Crippen LogP contribution in [0, 0.1) is 20.8 Å². The number of carbonyl (C=O) groups is 1. The summed E-state index contributed by atoms with van der Waals surface area (Å²) in [6.07, 6.45) is 6.14. The van der Waals surface area contributed by atoms with Crippen molar-refractivity contribution in [3.05, 3.63) is 53.1 Å². The molecule has 0 aliphatic carbocycles. The van der Waals surface area contributed by atoms with E-state index in [9.17, 15) is 4.79 Å². The SMILES string of the molecule is CCCCCCCOc1ccc(NC(=O)CNc2c(C)cc(C)cc2C)cc1. The van der Waals surface area contributed by atoms with E-state index in [4.69, 9.17) is 4.74 Å². The Labute approximate surface area is 169 Å². The molecule has 0 unspecified atom stereocenters. The molecule has 152 valence electrons. The van der Waals surface area contributed by atoms with Gasteiger partial charge in [-0.1, -0.05) is 50.3 Å². The van der Waals surface area contributed by atoms with Crippen LogP contribution in [0.5, 0.6) is 5.75 Å². The van der Waals surface area contributed by atoms with E-state index in [-0.39, 0.29) is 12.5 Å². The van der Waals surface area contributed by atoms with Gasteiger partial charge in [0.25, 0.3) is 0 Å². The molecule has 4 heteroatoms. The molecule has 0 spiro atoms. The Bertz CT molecular complexity index is 731. The molecule has 2 aromatic carbocycles. The summed E-state index contributed by atoms with van der Waals surface area (Å²) < 4.78 is 5.76. The number of carbonyl (C=O) groups excluding carboxylic acids is 1. The number of benzene rings is 2. The Kier molecular flexibility index (Phi) is 8.86. The number of aryl methyl sites for hydroxylation is 3. The topological polar surface area (TPSA) is 50.4 Å². The summed E-state index contributed by atoms with van der Waals surface area (Å²) in [7, 11) is 0. The second-order valence-electron chi connectivity index (χ2n) is 7.46. The third kappa shape index (κ3) is 7.26. The minimum atomic E-state index is -0.0658. The van der Waals surface area contributed by atoms with Gasteiger partial charge in [0.2, 0.25) is 5.91 Å². The molecule has 28 heavy (non-hydrogen) atoms. The van der Waals surface area contributed by atoms with Crippen LogP contribution in [-0.4, -0.2) is 19.1 Å². The fourth-order valence-electron chi connectivity index (χ4n) is 3.36. The molecule has 0 saturated heterocycles. The van der Waals surface area contributed by atoms with Crippen molar-refractivity contribution in [2.75, 3.05) is 23.8 Å². The molecular formula is C24H34N2O2. The largest absolute Gasteiger partial charge is 0.494 e. The third-order valence-electron chi connectivity index (χ3n) is 4.76. The van der Waals surface area contributed by atoms with Crippen LogP contribution in [0.1, 0.15) is 55.7 Å². The number of rotatable bonds is 11. The number of hydrogen-bond acceptors (Lipinski definition) is 3. The summed E-state index contributed by atoms with van der Waals surface area (Å²) in [6.45, 7) is 9.40. The van der Waals surface area contributed by atoms with Crippen molar-refractivity contribution in [1.82, 2.24) is 0 Å². The molecule has 1 amide bonds. The normalized spacial score (nSPS) is 10.6. The summed E-state index contributed by atoms with van der Waals surface area (Å²) in [4.78, 5) is 12.3. The van der Waals surface area contributed by atoms with Crippen molar-refractivity contribution in [2.24, 2.45) is 0 Å². The molecule has 0 aliphatic heterocycles. The van der Waals surface area contributed by atoms with E-state index < -0.39 is 0 Å². The quantitative estimate of drug-likeness (QED) is 0.468. The summed E-state index contributed by atoms with van der Waals surface area (Å²) in [5.74, 6) is 0.779. The first-order chi connectivity index (χ1) is 13.5. The Morgan fingerprint density at radius 1 is 0.929 bits per heavy atom. The van der Waals surface area contributed by atoms with Crippen molar-refractivity contribution >= 4 is 17.3 Å². The van der Waals surface area contributed by atoms with Crippen LogP contribution in [0.3, 0.4) is 0 Å². The number of nitrogens with one attached hydrogen (secondary N) is 2. The first-order valence-corrected chi connectivity index (χ1v) is 10.3. The van der Waals surface area contributed by atoms with Crippen molar-refractivity contribution < 1.29 is 9.53 Å². The average molecular weight is 383 g/mol. The predicted octanol–water partition coefficient (Wildman–Crippen LogP) is 6.01. The fraction of sp³-hybridized carbons (Fsp3) is 0.458. The summed E-state index contributed by atoms with van der Waals surface area (Å²) in [5, 5.41) is 6.18. The van der Waals surface area contributed by atoms with E-state index in [0.29, 0.717) is 0 Å². The van der Waals surface area contributed by atoms with E-state index in [0.717, 1.165) is 41.3 Å². The van der Waals surface area contributed by atoms with Gasteiger partial charge in [0, 0.05) is 11.4 Å². The van der Waals surface area contributed by atoms with Crippen LogP contribution in [-0.2, 0) is 4.79 Å². The molecule has 2 rings (SSSR count). The van der Waals surface area contributed by atoms with Gasteiger partial charge in [-0.05, 0) is 62.6 Å². The molecule has 0 atom stereocenters. The molecule has 0 aliphatic rings. The predicted molar refractivity (Wildman–Crippen MR) is 118 cm³/mol. The number of anilines is 2. The zero-order valence-corrected chi connectivity index (χ0v) is 17.7. The Hall–Kier alpha value is -2.49. The van der Waals surface area contributed by atoms with Crippen LogP contribution in [0.4, 0.5) is 11.4 Å². The lowest BCUT2D eigenvalue weighted by Gasteiger charge is -2.14. The molecular weight excluding hydrogens is 348 g/mol. The van der Waals surface area contributed by atoms with Crippen molar-refractivity contribution in [3.8, 4) is 5.75 Å². The van der Waals surface area contributed by atoms with Gasteiger partial charge in [-0.2, -0.15) is 0 Å². The van der Waals surface area contributed by atoms with E-state index >= 15 is 0 Å². The maximum atomic E-state index is 12.3. The molecule has 4 nitrogen and oxygen atoms in total. The second kappa shape index (κ2) is 11.4. The average Bonchev–Trinajstić information content (AvgIpc) is 2.65. The van der Waals surface area contributed by atoms with E-state index in [1.54, 1.807) is 0 Å². The van der Waals surface area contributed by atoms with Crippen LogP contribution in [0.15, 0.2) is 36.4 Å². The van der Waals surface area contributed by atoms with Crippen molar-refractivity contribution in [2.45, 2.75) is 59.8 Å². The minimum Gasteiger partial charge on any atom is -0.494 e. The summed E-state index contributed by atoms with van der Waals surface area (Å²) in [5.41, 5.74) is 5.35. The smallest absolute Gasteiger partial charge is 0.243 e. The number of hydrogen-bond donors (Lipinski definition) is 2. The van der Waals surface area contributed by atoms with E-state index in [1.807, 2.05) is 24.3 Å². The van der Waals surface area contributed by atoms with Gasteiger partial charge < -0.3 is 15.4 Å². The molecule has 0 aromatic heterocycles. The molecule has 2 N–H and O–H groups in total. The third-order valence-corrected chi connectivity index (χ3v) is 4.76. The summed E-state index contributed by atoms with van der Waals surface area (Å²) in [6, 6.07) is 11.8. The van der Waals surface area contributed by atoms with Gasteiger partial charge in [0.15, 0.2) is 0 Å². The van der Waals surface area contributed by atoms with Crippen molar-refractivity contribution in [1.29, 1.82) is 0 Å². The Morgan fingerprint density at radius 3 is 2.21 bits per heavy atom. The number of ether oxygens (including phenoxy) is 1. The van der Waals surface area contributed by atoms with Crippen LogP contribution >= 0.6 is 0 Å². The highest BCUT2D eigenvalue weighted by Crippen LogP contribution is 2.22. The lowest BCUT2D eigenvalue weighted by atomic mass is 10.1. The Morgan fingerprint density at radius 2 is 1.57 bits per heavy atom. The maximum Gasteiger partial charge on any atom is 0.243 e. The minimum absolute atomic E-state index is 0.0658. The van der Waals surface area contributed by atoms with Crippen LogP contribution < -0.4 is 15.4 Å². The standard InChI is InChI=1S/C24H34N2O2/c1-5-6-7-8-9-14-28-22-12-10-21(11-13-22)26-23(27)17-25-24-19(3)15-18(2)16-20(24)4/h10-13,15-16,25H,5-9,14,17H2,1-4H3,(H,26,27). The highest BCUT2D eigenvalue weighted by molar-refractivity contribution is 5.94. The fourth-order valence-corrected chi connectivity index (χ4v) is 3.36. The van der Waals surface area contributed by atoms with Gasteiger partial charge in [-0.25, -0.2) is 0 Å². The molecule has 0 saturated carbocycles. The number of amides is 1. The highest BCUT2D eigenvalue weighted by Gasteiger charge is 2.07. The van der Waals surface area contributed by atoms with Gasteiger partial charge in [0.1, 0.15) is 5.75 Å². The van der Waals surface area contributed by atoms with E-state index in [2.05, 4.69) is 50.5 Å². The van der Waals surface area contributed by atoms with Crippen molar-refractivity contribution in [3.63, 3.8) is 0 Å². The lowest BCUT2D eigenvalue weighted by Crippen LogP contribution is -2.22. The van der Waals surface area contributed by atoms with Gasteiger partial charge in [-0.3, -0.25) is 4.79 Å². The molecule has 2 aromatic rings. The molecule has 0 fully saturated rings. The van der Waals surface area contributed by atoms with Crippen LogP contribution in [0.2, 0.25) is 0 Å². The second-order valence-corrected chi connectivity index (χ2v) is 7.46. The first-order valence-electron chi connectivity index (χ1n) is 10.3. The molecule has 0 radical (unpaired) electrons. The van der Waals surface area contributed by atoms with Gasteiger partial charge >= 0.3 is 0 Å². The summed E-state index contributed by atoms with van der Waals surface area (Å²) >= 11 is 0. The van der Waals surface area contributed by atoms with Gasteiger partial charge in [0.05, 0.1) is 13.2 Å². The van der Waals surface area contributed by atoms with Crippen LogP contribution in [0.25, 0.3) is 0 Å². The zero-order chi connectivity index (χ0) is 20.4. The van der Waals surface area contributed by atoms with E-state index in [1.165, 1.54) is 31.2 Å². The molecule has 0 heterocycles. The maximum absolute atomic E-state index is 12.3. The Balaban J connectivity index is 1.75. The molecule has 0 bridgehead atoms. The van der Waals surface area contributed by atoms with Gasteiger partial charge in [-0.15, -0.1) is 0 Å².